The fourth-order valence-corrected chi connectivity index (χ4v) is 4.44. The van der Waals surface area contributed by atoms with Crippen LogP contribution in [-0.4, -0.2) is 21.8 Å². The van der Waals surface area contributed by atoms with E-state index in [1.54, 1.807) is 24.3 Å². The van der Waals surface area contributed by atoms with E-state index in [4.69, 9.17) is 11.6 Å². The van der Waals surface area contributed by atoms with Crippen molar-refractivity contribution in [2.45, 2.75) is 26.3 Å². The van der Waals surface area contributed by atoms with Crippen LogP contribution in [0, 0.1) is 6.92 Å². The second-order valence-electron chi connectivity index (χ2n) is 7.27. The molecule has 4 aromatic rings. The normalized spacial score (nSPS) is 12.0. The molecule has 2 amide bonds. The van der Waals surface area contributed by atoms with Gasteiger partial charge in [-0.1, -0.05) is 41.9 Å². The van der Waals surface area contributed by atoms with E-state index in [9.17, 15) is 9.59 Å². The highest BCUT2D eigenvalue weighted by molar-refractivity contribution is 7.14. The molecule has 0 bridgehead atoms. The van der Waals surface area contributed by atoms with Crippen molar-refractivity contribution in [2.75, 3.05) is 5.32 Å². The van der Waals surface area contributed by atoms with E-state index in [0.717, 1.165) is 33.4 Å². The first-order valence-electron chi connectivity index (χ1n) is 9.76. The summed E-state index contributed by atoms with van der Waals surface area (Å²) in [6.45, 7) is 3.44. The molecule has 0 radical (unpaired) electrons. The topological polar surface area (TPSA) is 86.9 Å². The average Bonchev–Trinajstić information content (AvgIpc) is 3.30. The van der Waals surface area contributed by atoms with Crippen LogP contribution < -0.4 is 10.6 Å². The number of carbonyl (C=O) groups is 2. The van der Waals surface area contributed by atoms with Crippen molar-refractivity contribution in [1.82, 2.24) is 15.3 Å². The SMILES string of the molecule is CC(=O)NC(CC(=O)Nc1nc(-c2c(C)[nH]c3ccccc23)cs1)c1ccc(Cl)cc1. The van der Waals surface area contributed by atoms with Gasteiger partial charge in [-0.05, 0) is 30.7 Å². The predicted molar refractivity (Wildman–Crippen MR) is 125 cm³/mol. The molecule has 1 atom stereocenters. The quantitative estimate of drug-likeness (QED) is 0.363. The molecular formula is C23H21ClN4O2S. The molecule has 31 heavy (non-hydrogen) atoms. The molecule has 0 aliphatic heterocycles. The van der Waals surface area contributed by atoms with Crippen LogP contribution in [0.3, 0.4) is 0 Å². The molecule has 2 aromatic carbocycles. The van der Waals surface area contributed by atoms with Crippen molar-refractivity contribution in [1.29, 1.82) is 0 Å². The second-order valence-corrected chi connectivity index (χ2v) is 8.56. The summed E-state index contributed by atoms with van der Waals surface area (Å²) in [6.07, 6.45) is 0.0856. The average molecular weight is 453 g/mol. The fraction of sp³-hybridized carbons (Fsp3) is 0.174. The summed E-state index contributed by atoms with van der Waals surface area (Å²) >= 11 is 7.32. The number of halogens is 1. The van der Waals surface area contributed by atoms with Crippen LogP contribution in [0.1, 0.15) is 30.6 Å². The van der Waals surface area contributed by atoms with Crippen molar-refractivity contribution in [3.05, 3.63) is 70.2 Å². The van der Waals surface area contributed by atoms with E-state index < -0.39 is 6.04 Å². The number of aryl methyl sites for hydroxylation is 1. The van der Waals surface area contributed by atoms with Crippen LogP contribution in [0.25, 0.3) is 22.2 Å². The third kappa shape index (κ3) is 4.78. The van der Waals surface area contributed by atoms with Gasteiger partial charge in [0, 0.05) is 39.5 Å². The molecule has 6 nitrogen and oxygen atoms in total. The molecule has 4 rings (SSSR count). The Balaban J connectivity index is 1.51. The number of H-pyrrole nitrogens is 1. The Hall–Kier alpha value is -3.16. The van der Waals surface area contributed by atoms with Gasteiger partial charge in [0.05, 0.1) is 18.2 Å². The molecule has 0 fully saturated rings. The number of amides is 2. The molecule has 158 valence electrons. The van der Waals surface area contributed by atoms with Crippen LogP contribution in [0.4, 0.5) is 5.13 Å². The zero-order valence-corrected chi connectivity index (χ0v) is 18.6. The summed E-state index contributed by atoms with van der Waals surface area (Å²) < 4.78 is 0. The number of aromatic amines is 1. The van der Waals surface area contributed by atoms with E-state index in [2.05, 4.69) is 26.7 Å². The van der Waals surface area contributed by atoms with E-state index >= 15 is 0 Å². The number of hydrogen-bond donors (Lipinski definition) is 3. The molecule has 2 aromatic heterocycles. The molecule has 8 heteroatoms. The van der Waals surface area contributed by atoms with Gasteiger partial charge < -0.3 is 15.6 Å². The van der Waals surface area contributed by atoms with Gasteiger partial charge in [-0.25, -0.2) is 4.98 Å². The lowest BCUT2D eigenvalue weighted by atomic mass is 10.0. The summed E-state index contributed by atoms with van der Waals surface area (Å²) in [6, 6.07) is 14.7. The number of anilines is 1. The highest BCUT2D eigenvalue weighted by Crippen LogP contribution is 2.34. The van der Waals surface area contributed by atoms with Crippen LogP contribution in [0.2, 0.25) is 5.02 Å². The van der Waals surface area contributed by atoms with Crippen molar-refractivity contribution in [3.63, 3.8) is 0 Å². The molecule has 0 aliphatic carbocycles. The van der Waals surface area contributed by atoms with Gasteiger partial charge in [-0.15, -0.1) is 11.3 Å². The minimum Gasteiger partial charge on any atom is -0.358 e. The predicted octanol–water partition coefficient (Wildman–Crippen LogP) is 5.46. The standard InChI is InChI=1S/C23H21ClN4O2S/c1-13-22(17-5-3-4-6-18(17)25-13)20-12-31-23(27-20)28-21(30)11-19(26-14(2)29)15-7-9-16(24)10-8-15/h3-10,12,19,25H,11H2,1-2H3,(H,26,29)(H,27,28,30). The van der Waals surface area contributed by atoms with Crippen LogP contribution in [0.5, 0.6) is 0 Å². The van der Waals surface area contributed by atoms with E-state index in [0.29, 0.717) is 10.2 Å². The van der Waals surface area contributed by atoms with Gasteiger partial charge in [-0.2, -0.15) is 0 Å². The Kier molecular flexibility index (Phi) is 6.06. The molecule has 2 heterocycles. The van der Waals surface area contributed by atoms with Gasteiger partial charge in [0.25, 0.3) is 0 Å². The fourth-order valence-electron chi connectivity index (χ4n) is 3.60. The summed E-state index contributed by atoms with van der Waals surface area (Å²) in [7, 11) is 0. The summed E-state index contributed by atoms with van der Waals surface area (Å²) in [5, 5.41) is 9.82. The number of benzene rings is 2. The van der Waals surface area contributed by atoms with Crippen LogP contribution >= 0.6 is 22.9 Å². The Labute approximate surface area is 188 Å². The lowest BCUT2D eigenvalue weighted by Crippen LogP contribution is -2.29. The number of fused-ring (bicyclic) bond motifs is 1. The molecule has 0 aliphatic rings. The third-order valence-electron chi connectivity index (χ3n) is 4.94. The Bertz CT molecular complexity index is 1250. The van der Waals surface area contributed by atoms with Crippen LogP contribution in [-0.2, 0) is 9.59 Å². The molecule has 3 N–H and O–H groups in total. The zero-order chi connectivity index (χ0) is 22.0. The lowest BCUT2D eigenvalue weighted by Gasteiger charge is -2.17. The Morgan fingerprint density at radius 2 is 1.90 bits per heavy atom. The molecule has 0 spiro atoms. The highest BCUT2D eigenvalue weighted by Gasteiger charge is 2.19. The number of carbonyl (C=O) groups excluding carboxylic acids is 2. The van der Waals surface area contributed by atoms with E-state index in [-0.39, 0.29) is 18.2 Å². The van der Waals surface area contributed by atoms with Crippen LogP contribution in [0.15, 0.2) is 53.9 Å². The van der Waals surface area contributed by atoms with Gasteiger partial charge >= 0.3 is 0 Å². The zero-order valence-electron chi connectivity index (χ0n) is 17.0. The maximum Gasteiger partial charge on any atom is 0.228 e. The monoisotopic (exact) mass is 452 g/mol. The molecule has 0 saturated carbocycles. The Morgan fingerprint density at radius 3 is 2.65 bits per heavy atom. The number of aromatic nitrogens is 2. The first kappa shape index (κ1) is 21.1. The van der Waals surface area contributed by atoms with Gasteiger partial charge in [0.15, 0.2) is 5.13 Å². The smallest absolute Gasteiger partial charge is 0.228 e. The number of hydrogen-bond acceptors (Lipinski definition) is 4. The largest absolute Gasteiger partial charge is 0.358 e. The summed E-state index contributed by atoms with van der Waals surface area (Å²) in [4.78, 5) is 32.3. The molecule has 1 unspecified atom stereocenters. The van der Waals surface area contributed by atoms with Gasteiger partial charge in [0.1, 0.15) is 0 Å². The van der Waals surface area contributed by atoms with E-state index in [1.165, 1.54) is 18.3 Å². The van der Waals surface area contributed by atoms with Crippen molar-refractivity contribution >= 4 is 50.8 Å². The minimum absolute atomic E-state index is 0.0856. The first-order chi connectivity index (χ1) is 14.9. The number of rotatable bonds is 6. The van der Waals surface area contributed by atoms with Crippen molar-refractivity contribution in [2.24, 2.45) is 0 Å². The molecular weight excluding hydrogens is 432 g/mol. The minimum atomic E-state index is -0.454. The highest BCUT2D eigenvalue weighted by atomic mass is 35.5. The van der Waals surface area contributed by atoms with E-state index in [1.807, 2.05) is 30.5 Å². The summed E-state index contributed by atoms with van der Waals surface area (Å²) in [5.74, 6) is -0.440. The maximum absolute atomic E-state index is 12.7. The number of para-hydroxylation sites is 1. The lowest BCUT2D eigenvalue weighted by molar-refractivity contribution is -0.120. The maximum atomic E-state index is 12.7. The van der Waals surface area contributed by atoms with Gasteiger partial charge in [-0.3, -0.25) is 9.59 Å². The number of nitrogens with one attached hydrogen (secondary N) is 3. The second kappa shape index (κ2) is 8.91. The number of nitrogens with zero attached hydrogens (tertiary/aromatic N) is 1. The van der Waals surface area contributed by atoms with Crippen molar-refractivity contribution in [3.8, 4) is 11.3 Å². The number of thiazole rings is 1. The van der Waals surface area contributed by atoms with Crippen molar-refractivity contribution < 1.29 is 9.59 Å². The molecule has 0 saturated heterocycles. The Morgan fingerprint density at radius 1 is 1.16 bits per heavy atom. The van der Waals surface area contributed by atoms with Gasteiger partial charge in [0.2, 0.25) is 11.8 Å². The first-order valence-corrected chi connectivity index (χ1v) is 11.0. The third-order valence-corrected chi connectivity index (χ3v) is 5.95. The summed E-state index contributed by atoms with van der Waals surface area (Å²) in [5.41, 5.74) is 4.73.